The summed E-state index contributed by atoms with van der Waals surface area (Å²) < 4.78 is 5.64. The maximum Gasteiger partial charge on any atom is 0.333 e. The van der Waals surface area contributed by atoms with Crippen molar-refractivity contribution in [1.82, 2.24) is 0 Å². The van der Waals surface area contributed by atoms with E-state index < -0.39 is 0 Å². The third-order valence-electron chi connectivity index (χ3n) is 5.71. The normalized spacial score (nSPS) is 47.7. The minimum atomic E-state index is -0.0952. The molecule has 1 heterocycles. The summed E-state index contributed by atoms with van der Waals surface area (Å²) >= 11 is 0. The van der Waals surface area contributed by atoms with E-state index in [1.807, 2.05) is 6.92 Å². The largest absolute Gasteiger partial charge is 0.458 e. The van der Waals surface area contributed by atoms with Crippen LogP contribution in [0.4, 0.5) is 0 Å². The Hall–Kier alpha value is -0.790. The Morgan fingerprint density at radius 2 is 2.22 bits per heavy atom. The molecular weight excluding hydrogens is 224 g/mol. The molecule has 3 aliphatic rings. The zero-order valence-corrected chi connectivity index (χ0v) is 11.7. The number of carbonyl (C=O) groups excluding carboxylic acids is 1. The van der Waals surface area contributed by atoms with Crippen LogP contribution in [0.1, 0.15) is 52.9 Å². The van der Waals surface area contributed by atoms with E-state index in [1.54, 1.807) is 0 Å². The highest BCUT2D eigenvalue weighted by Crippen LogP contribution is 2.55. The average Bonchev–Trinajstić information content (AvgIpc) is 2.29. The SMILES string of the molecule is CC1=CC2CC3C(C)CCC[C@]3(C)C[C@H]2OC1=O. The first-order valence-electron chi connectivity index (χ1n) is 7.39. The van der Waals surface area contributed by atoms with Crippen molar-refractivity contribution in [2.45, 2.75) is 59.0 Å². The second kappa shape index (κ2) is 4.11. The van der Waals surface area contributed by atoms with Crippen molar-refractivity contribution in [2.24, 2.45) is 23.2 Å². The van der Waals surface area contributed by atoms with Gasteiger partial charge in [-0.15, -0.1) is 0 Å². The minimum absolute atomic E-state index is 0.0952. The van der Waals surface area contributed by atoms with Crippen LogP contribution < -0.4 is 0 Å². The molecule has 100 valence electrons. The molecule has 2 nitrogen and oxygen atoms in total. The molecule has 3 unspecified atom stereocenters. The molecule has 5 atom stereocenters. The molecule has 0 amide bonds. The van der Waals surface area contributed by atoms with Crippen LogP contribution in [0.3, 0.4) is 0 Å². The lowest BCUT2D eigenvalue weighted by atomic mass is 9.54. The van der Waals surface area contributed by atoms with Gasteiger partial charge in [0.05, 0.1) is 0 Å². The molecule has 0 N–H and O–H groups in total. The lowest BCUT2D eigenvalue weighted by Crippen LogP contribution is -2.48. The molecule has 2 heteroatoms. The van der Waals surface area contributed by atoms with Gasteiger partial charge in [0.2, 0.25) is 0 Å². The highest BCUT2D eigenvalue weighted by atomic mass is 16.5. The Kier molecular flexibility index (Phi) is 2.80. The van der Waals surface area contributed by atoms with Crippen LogP contribution in [0.25, 0.3) is 0 Å². The van der Waals surface area contributed by atoms with Crippen molar-refractivity contribution >= 4 is 5.97 Å². The van der Waals surface area contributed by atoms with Crippen LogP contribution >= 0.6 is 0 Å². The molecule has 18 heavy (non-hydrogen) atoms. The Labute approximate surface area is 110 Å². The molecule has 1 aliphatic heterocycles. The standard InChI is InChI=1S/C16H24O2/c1-10-5-4-6-16(3)9-14-12(8-13(10)16)7-11(2)15(17)18-14/h7,10,12-14H,4-6,8-9H2,1-3H3/t10?,12?,13?,14-,16-/m1/s1. The van der Waals surface area contributed by atoms with Crippen molar-refractivity contribution in [1.29, 1.82) is 0 Å². The number of rotatable bonds is 0. The van der Waals surface area contributed by atoms with E-state index in [1.165, 1.54) is 25.7 Å². The van der Waals surface area contributed by atoms with Crippen LogP contribution in [-0.4, -0.2) is 12.1 Å². The van der Waals surface area contributed by atoms with Crippen molar-refractivity contribution < 1.29 is 9.53 Å². The molecule has 0 radical (unpaired) electrons. The van der Waals surface area contributed by atoms with Gasteiger partial charge in [-0.25, -0.2) is 4.79 Å². The van der Waals surface area contributed by atoms with E-state index in [4.69, 9.17) is 4.74 Å². The molecular formula is C16H24O2. The summed E-state index contributed by atoms with van der Waals surface area (Å²) in [5.41, 5.74) is 1.21. The van der Waals surface area contributed by atoms with Gasteiger partial charge in [-0.05, 0) is 43.4 Å². The lowest BCUT2D eigenvalue weighted by Gasteiger charge is -2.53. The van der Waals surface area contributed by atoms with Gasteiger partial charge in [0.15, 0.2) is 0 Å². The topological polar surface area (TPSA) is 26.3 Å². The first-order chi connectivity index (χ1) is 8.49. The number of hydrogen-bond acceptors (Lipinski definition) is 2. The smallest absolute Gasteiger partial charge is 0.333 e. The molecule has 2 fully saturated rings. The van der Waals surface area contributed by atoms with Gasteiger partial charge < -0.3 is 4.74 Å². The molecule has 0 aromatic rings. The zero-order chi connectivity index (χ0) is 12.9. The van der Waals surface area contributed by atoms with E-state index in [0.29, 0.717) is 11.3 Å². The minimum Gasteiger partial charge on any atom is -0.458 e. The summed E-state index contributed by atoms with van der Waals surface area (Å²) in [7, 11) is 0. The van der Waals surface area contributed by atoms with Crippen LogP contribution in [0, 0.1) is 23.2 Å². The summed E-state index contributed by atoms with van der Waals surface area (Å²) in [6.45, 7) is 6.72. The molecule has 0 aromatic carbocycles. The monoisotopic (exact) mass is 248 g/mol. The van der Waals surface area contributed by atoms with Crippen molar-refractivity contribution in [3.63, 3.8) is 0 Å². The second-order valence-corrected chi connectivity index (χ2v) is 7.03. The first-order valence-corrected chi connectivity index (χ1v) is 7.39. The highest BCUT2D eigenvalue weighted by Gasteiger charge is 2.49. The molecule has 0 spiro atoms. The number of carbonyl (C=O) groups is 1. The number of ether oxygens (including phenoxy) is 1. The van der Waals surface area contributed by atoms with Crippen LogP contribution in [0.2, 0.25) is 0 Å². The van der Waals surface area contributed by atoms with Gasteiger partial charge in [-0.1, -0.05) is 32.8 Å². The predicted molar refractivity (Wildman–Crippen MR) is 71.0 cm³/mol. The second-order valence-electron chi connectivity index (χ2n) is 7.03. The Balaban J connectivity index is 1.87. The summed E-state index contributed by atoms with van der Waals surface area (Å²) in [6, 6.07) is 0. The fourth-order valence-corrected chi connectivity index (χ4v) is 4.65. The van der Waals surface area contributed by atoms with E-state index in [2.05, 4.69) is 19.9 Å². The number of esters is 1. The summed E-state index contributed by atoms with van der Waals surface area (Å²) in [6.07, 6.45) is 8.64. The Morgan fingerprint density at radius 3 is 3.00 bits per heavy atom. The summed E-state index contributed by atoms with van der Waals surface area (Å²) in [5.74, 6) is 2.02. The molecule has 0 aromatic heterocycles. The summed E-state index contributed by atoms with van der Waals surface area (Å²) in [5, 5.41) is 0. The maximum absolute atomic E-state index is 11.7. The van der Waals surface area contributed by atoms with Gasteiger partial charge in [0.25, 0.3) is 0 Å². The number of fused-ring (bicyclic) bond motifs is 2. The van der Waals surface area contributed by atoms with E-state index in [-0.39, 0.29) is 12.1 Å². The van der Waals surface area contributed by atoms with E-state index >= 15 is 0 Å². The molecule has 0 bridgehead atoms. The molecule has 0 saturated heterocycles. The van der Waals surface area contributed by atoms with Crippen molar-refractivity contribution in [3.05, 3.63) is 11.6 Å². The third-order valence-corrected chi connectivity index (χ3v) is 5.71. The van der Waals surface area contributed by atoms with Gasteiger partial charge in [0, 0.05) is 11.5 Å². The van der Waals surface area contributed by atoms with Gasteiger partial charge in [-0.3, -0.25) is 0 Å². The average molecular weight is 248 g/mol. The molecule has 3 rings (SSSR count). The highest BCUT2D eigenvalue weighted by molar-refractivity contribution is 5.88. The predicted octanol–water partition coefficient (Wildman–Crippen LogP) is 3.71. The Bertz CT molecular complexity index is 398. The van der Waals surface area contributed by atoms with Crippen molar-refractivity contribution in [3.8, 4) is 0 Å². The quantitative estimate of drug-likeness (QED) is 0.611. The zero-order valence-electron chi connectivity index (χ0n) is 11.7. The van der Waals surface area contributed by atoms with Gasteiger partial charge in [-0.2, -0.15) is 0 Å². The van der Waals surface area contributed by atoms with E-state index in [0.717, 1.165) is 23.8 Å². The lowest BCUT2D eigenvalue weighted by molar-refractivity contribution is -0.157. The summed E-state index contributed by atoms with van der Waals surface area (Å²) in [4.78, 5) is 11.7. The van der Waals surface area contributed by atoms with E-state index in [9.17, 15) is 4.79 Å². The Morgan fingerprint density at radius 1 is 1.44 bits per heavy atom. The van der Waals surface area contributed by atoms with Crippen LogP contribution in [-0.2, 0) is 9.53 Å². The maximum atomic E-state index is 11.7. The van der Waals surface area contributed by atoms with Gasteiger partial charge >= 0.3 is 5.97 Å². The fraction of sp³-hybridized carbons (Fsp3) is 0.812. The third kappa shape index (κ3) is 1.81. The van der Waals surface area contributed by atoms with Gasteiger partial charge in [0.1, 0.15) is 6.10 Å². The fourth-order valence-electron chi connectivity index (χ4n) is 4.65. The van der Waals surface area contributed by atoms with Crippen LogP contribution in [0.5, 0.6) is 0 Å². The molecule has 2 saturated carbocycles. The molecule has 2 aliphatic carbocycles. The number of hydrogen-bond donors (Lipinski definition) is 0. The van der Waals surface area contributed by atoms with Crippen LogP contribution in [0.15, 0.2) is 11.6 Å². The first kappa shape index (κ1) is 12.3. The van der Waals surface area contributed by atoms with Crippen molar-refractivity contribution in [2.75, 3.05) is 0 Å².